The van der Waals surface area contributed by atoms with E-state index in [2.05, 4.69) is 16.8 Å². The molecule has 0 bridgehead atoms. The molecule has 2 N–H and O–H groups in total. The molecular weight excluding hydrogens is 490 g/mol. The fourth-order valence-electron chi connectivity index (χ4n) is 4.73. The molecule has 10 nitrogen and oxygen atoms in total. The summed E-state index contributed by atoms with van der Waals surface area (Å²) in [6, 6.07) is 3.29. The van der Waals surface area contributed by atoms with Gasteiger partial charge in [-0.25, -0.2) is 4.79 Å². The Hall–Kier alpha value is -3.50. The molecule has 38 heavy (non-hydrogen) atoms. The maximum atomic E-state index is 12.4. The Kier molecular flexibility index (Phi) is 10.2. The van der Waals surface area contributed by atoms with Crippen molar-refractivity contribution in [3.8, 4) is 11.5 Å². The topological polar surface area (TPSA) is 132 Å². The Morgan fingerprint density at radius 3 is 2.29 bits per heavy atom. The van der Waals surface area contributed by atoms with Crippen molar-refractivity contribution < 1.29 is 34.0 Å². The molecule has 0 amide bonds. The van der Waals surface area contributed by atoms with E-state index in [0.29, 0.717) is 41.5 Å². The summed E-state index contributed by atoms with van der Waals surface area (Å²) in [6.07, 6.45) is 5.00. The Morgan fingerprint density at radius 2 is 1.82 bits per heavy atom. The van der Waals surface area contributed by atoms with Gasteiger partial charge in [-0.2, -0.15) is 5.10 Å². The fourth-order valence-corrected chi connectivity index (χ4v) is 4.73. The number of carbonyl (C=O) groups is 2. The largest absolute Gasteiger partial charge is 0.493 e. The molecule has 0 aliphatic heterocycles. The van der Waals surface area contributed by atoms with Crippen LogP contribution in [0.4, 0.5) is 5.69 Å². The van der Waals surface area contributed by atoms with Crippen molar-refractivity contribution in [2.45, 2.75) is 78.2 Å². The number of carboxylic acid groups (broad SMARTS) is 1. The highest BCUT2D eigenvalue weighted by Crippen LogP contribution is 2.37. The Morgan fingerprint density at radius 1 is 1.21 bits per heavy atom. The van der Waals surface area contributed by atoms with Gasteiger partial charge in [0.25, 0.3) is 0 Å². The molecule has 2 atom stereocenters. The summed E-state index contributed by atoms with van der Waals surface area (Å²) in [5.41, 5.74) is 1.30. The average molecular weight is 528 g/mol. The number of hydrogen-bond acceptors (Lipinski definition) is 8. The van der Waals surface area contributed by atoms with E-state index in [4.69, 9.17) is 14.2 Å². The van der Waals surface area contributed by atoms with Gasteiger partial charge in [0.05, 0.1) is 37.6 Å². The molecular formula is C28H37N3O7. The minimum Gasteiger partial charge on any atom is -0.493 e. The number of Topliss-reactive ketones (excluding diaryl/α,β-unsaturated/α-hetero) is 1. The Balaban J connectivity index is 2.03. The van der Waals surface area contributed by atoms with Crippen LogP contribution < -0.4 is 9.47 Å². The van der Waals surface area contributed by atoms with Crippen LogP contribution in [-0.4, -0.2) is 63.9 Å². The van der Waals surface area contributed by atoms with Gasteiger partial charge in [-0.05, 0) is 65.0 Å². The summed E-state index contributed by atoms with van der Waals surface area (Å²) in [5, 5.41) is 25.6. The number of aliphatic imine (C=N–C) groups is 1. The number of aliphatic hydroxyl groups excluding tert-OH is 1. The number of hydrogen-bond donors (Lipinski definition) is 2. The van der Waals surface area contributed by atoms with Crippen LogP contribution >= 0.6 is 0 Å². The number of benzene rings is 1. The Bertz CT molecular complexity index is 1150. The van der Waals surface area contributed by atoms with Crippen molar-refractivity contribution in [3.63, 3.8) is 0 Å². The van der Waals surface area contributed by atoms with Crippen LogP contribution in [0, 0.1) is 0 Å². The first-order valence-corrected chi connectivity index (χ1v) is 13.0. The number of aliphatic hydroxyl groups is 1. The second kappa shape index (κ2) is 13.3. The van der Waals surface area contributed by atoms with Gasteiger partial charge in [0, 0.05) is 0 Å². The number of allylic oxidation sites excluding steroid dienone is 1. The smallest absolute Gasteiger partial charge is 0.337 e. The van der Waals surface area contributed by atoms with Crippen LogP contribution in [-0.2, 0) is 16.1 Å². The summed E-state index contributed by atoms with van der Waals surface area (Å²) in [4.78, 5) is 28.0. The molecule has 1 aliphatic rings. The standard InChI is InChI=1S/C28H37N3O7/c1-6-20(28(34)35)26-21(29-5)15-31(30-26)16-24(38-19-11-9-10-12-19)27(33)18-13-22(36-7-2)25(17(4)32)23(14-18)37-8-3/h6,13-15,19,24,27,33H,5,7-12,16H2,1-4H3,(H,34,35)/b20-6+. The van der Waals surface area contributed by atoms with Crippen LogP contribution in [0.25, 0.3) is 5.57 Å². The van der Waals surface area contributed by atoms with Gasteiger partial charge in [0.2, 0.25) is 0 Å². The van der Waals surface area contributed by atoms with Gasteiger partial charge < -0.3 is 24.4 Å². The highest BCUT2D eigenvalue weighted by molar-refractivity contribution is 6.16. The van der Waals surface area contributed by atoms with E-state index < -0.39 is 18.2 Å². The molecule has 0 saturated heterocycles. The maximum Gasteiger partial charge on any atom is 0.337 e. The minimum absolute atomic E-state index is 0.00231. The molecule has 3 rings (SSSR count). The van der Waals surface area contributed by atoms with Crippen molar-refractivity contribution in [2.24, 2.45) is 4.99 Å². The first-order valence-electron chi connectivity index (χ1n) is 13.0. The van der Waals surface area contributed by atoms with Gasteiger partial charge >= 0.3 is 5.97 Å². The number of aliphatic carboxylic acids is 1. The molecule has 206 valence electrons. The summed E-state index contributed by atoms with van der Waals surface area (Å²) in [5.74, 6) is -0.668. The monoisotopic (exact) mass is 527 g/mol. The number of ketones is 1. The van der Waals surface area contributed by atoms with Crippen molar-refractivity contribution in [3.05, 3.63) is 41.2 Å². The molecule has 1 aromatic carbocycles. The van der Waals surface area contributed by atoms with Crippen LogP contribution in [0.3, 0.4) is 0 Å². The molecule has 2 aromatic rings. The first kappa shape index (κ1) is 29.1. The second-order valence-electron chi connectivity index (χ2n) is 9.09. The van der Waals surface area contributed by atoms with Crippen molar-refractivity contribution in [2.75, 3.05) is 13.2 Å². The number of rotatable bonds is 14. The number of carboxylic acids is 1. The number of aromatic nitrogens is 2. The lowest BCUT2D eigenvalue weighted by molar-refractivity contribution is -0.130. The van der Waals surface area contributed by atoms with E-state index in [0.717, 1.165) is 25.7 Å². The van der Waals surface area contributed by atoms with Gasteiger partial charge in [-0.15, -0.1) is 0 Å². The molecule has 2 unspecified atom stereocenters. The number of carbonyl (C=O) groups excluding carboxylic acids is 1. The molecule has 1 saturated carbocycles. The zero-order chi connectivity index (χ0) is 27.8. The van der Waals surface area contributed by atoms with Gasteiger partial charge in [0.1, 0.15) is 40.7 Å². The molecule has 10 heteroatoms. The summed E-state index contributed by atoms with van der Waals surface area (Å²) >= 11 is 0. The Labute approximate surface area is 222 Å². The molecule has 1 heterocycles. The zero-order valence-corrected chi connectivity index (χ0v) is 22.5. The third-order valence-electron chi connectivity index (χ3n) is 6.46. The SMILES string of the molecule is C=Nc1cn(CC(OC2CCCC2)C(O)c2cc(OCC)c(C(C)=O)c(OCC)c2)nc1/C(=C\C)C(=O)O. The van der Waals surface area contributed by atoms with Crippen LogP contribution in [0.2, 0.25) is 0 Å². The van der Waals surface area contributed by atoms with Crippen molar-refractivity contribution in [1.29, 1.82) is 0 Å². The second-order valence-corrected chi connectivity index (χ2v) is 9.09. The lowest BCUT2D eigenvalue weighted by Gasteiger charge is -2.28. The third-order valence-corrected chi connectivity index (χ3v) is 6.46. The van der Waals surface area contributed by atoms with E-state index in [-0.39, 0.29) is 29.7 Å². The van der Waals surface area contributed by atoms with Gasteiger partial charge in [0.15, 0.2) is 5.78 Å². The van der Waals surface area contributed by atoms with Crippen LogP contribution in [0.1, 0.15) is 81.1 Å². The van der Waals surface area contributed by atoms with Crippen molar-refractivity contribution >= 4 is 29.7 Å². The lowest BCUT2D eigenvalue weighted by atomic mass is 9.99. The summed E-state index contributed by atoms with van der Waals surface area (Å²) < 4.78 is 19.4. The van der Waals surface area contributed by atoms with E-state index >= 15 is 0 Å². The van der Waals surface area contributed by atoms with E-state index in [1.165, 1.54) is 17.7 Å². The lowest BCUT2D eigenvalue weighted by Crippen LogP contribution is -2.31. The van der Waals surface area contributed by atoms with Crippen molar-refractivity contribution in [1.82, 2.24) is 9.78 Å². The molecule has 1 aromatic heterocycles. The van der Waals surface area contributed by atoms with E-state index in [9.17, 15) is 19.8 Å². The zero-order valence-electron chi connectivity index (χ0n) is 22.5. The highest BCUT2D eigenvalue weighted by atomic mass is 16.5. The number of ether oxygens (including phenoxy) is 3. The van der Waals surface area contributed by atoms with E-state index in [1.54, 1.807) is 25.3 Å². The normalized spacial score (nSPS) is 15.8. The maximum absolute atomic E-state index is 12.4. The van der Waals surface area contributed by atoms with Gasteiger partial charge in [-0.3, -0.25) is 14.5 Å². The average Bonchev–Trinajstić information content (AvgIpc) is 3.53. The van der Waals surface area contributed by atoms with Crippen LogP contribution in [0.5, 0.6) is 11.5 Å². The summed E-state index contributed by atoms with van der Waals surface area (Å²) in [7, 11) is 0. The highest BCUT2D eigenvalue weighted by Gasteiger charge is 2.31. The predicted octanol–water partition coefficient (Wildman–Crippen LogP) is 4.76. The minimum atomic E-state index is -1.13. The van der Waals surface area contributed by atoms with Gasteiger partial charge in [-0.1, -0.05) is 18.9 Å². The summed E-state index contributed by atoms with van der Waals surface area (Å²) in [6.45, 7) is 11.0. The molecule has 0 spiro atoms. The van der Waals surface area contributed by atoms with E-state index in [1.807, 2.05) is 13.8 Å². The first-order chi connectivity index (χ1) is 18.2. The number of nitrogens with zero attached hydrogens (tertiary/aromatic N) is 3. The molecule has 1 aliphatic carbocycles. The van der Waals surface area contributed by atoms with Crippen LogP contribution in [0.15, 0.2) is 29.4 Å². The predicted molar refractivity (Wildman–Crippen MR) is 144 cm³/mol. The molecule has 1 fully saturated rings. The third kappa shape index (κ3) is 6.68. The fraction of sp³-hybridized carbons (Fsp3) is 0.500. The molecule has 0 radical (unpaired) electrons. The quantitative estimate of drug-likeness (QED) is 0.204.